The summed E-state index contributed by atoms with van der Waals surface area (Å²) in [6.07, 6.45) is 0. The fourth-order valence-electron chi connectivity index (χ4n) is 2.03. The standard InChI is InChI=1S/C16H16BrNO2/c1-10-3-8-15(14(9-10)16(19)20)18-11(2)12-4-6-13(17)7-5-12/h3-9,11,18H,1-2H3,(H,19,20). The Bertz CT molecular complexity index is 623. The van der Waals surface area contributed by atoms with E-state index in [0.717, 1.165) is 15.6 Å². The third-order valence-corrected chi connectivity index (χ3v) is 3.68. The molecule has 4 heteroatoms. The van der Waals surface area contributed by atoms with E-state index < -0.39 is 5.97 Å². The number of anilines is 1. The van der Waals surface area contributed by atoms with Crippen molar-refractivity contribution >= 4 is 27.6 Å². The number of rotatable bonds is 4. The Balaban J connectivity index is 2.25. The van der Waals surface area contributed by atoms with Crippen molar-refractivity contribution in [3.05, 3.63) is 63.6 Å². The molecule has 0 saturated carbocycles. The molecule has 0 aliphatic rings. The predicted octanol–water partition coefficient (Wildman–Crippen LogP) is 4.63. The Labute approximate surface area is 126 Å². The van der Waals surface area contributed by atoms with Crippen LogP contribution >= 0.6 is 15.9 Å². The van der Waals surface area contributed by atoms with Crippen molar-refractivity contribution < 1.29 is 9.90 Å². The van der Waals surface area contributed by atoms with Crippen molar-refractivity contribution in [2.24, 2.45) is 0 Å². The first-order valence-electron chi connectivity index (χ1n) is 6.33. The highest BCUT2D eigenvalue weighted by molar-refractivity contribution is 9.10. The molecule has 20 heavy (non-hydrogen) atoms. The van der Waals surface area contributed by atoms with Gasteiger partial charge in [0.25, 0.3) is 0 Å². The van der Waals surface area contributed by atoms with Crippen molar-refractivity contribution in [2.45, 2.75) is 19.9 Å². The molecule has 0 fully saturated rings. The van der Waals surface area contributed by atoms with Gasteiger partial charge in [0.05, 0.1) is 5.56 Å². The molecule has 0 amide bonds. The van der Waals surface area contributed by atoms with Crippen LogP contribution in [0.15, 0.2) is 46.9 Å². The van der Waals surface area contributed by atoms with Gasteiger partial charge in [-0.1, -0.05) is 39.7 Å². The number of aryl methyl sites for hydroxylation is 1. The Hall–Kier alpha value is -1.81. The van der Waals surface area contributed by atoms with Crippen LogP contribution in [0.25, 0.3) is 0 Å². The number of benzene rings is 2. The molecule has 1 unspecified atom stereocenters. The summed E-state index contributed by atoms with van der Waals surface area (Å²) < 4.78 is 1.02. The zero-order chi connectivity index (χ0) is 14.7. The molecule has 0 aromatic heterocycles. The average Bonchev–Trinajstić information content (AvgIpc) is 2.41. The number of carbonyl (C=O) groups is 1. The molecule has 2 aromatic rings. The molecular weight excluding hydrogens is 318 g/mol. The lowest BCUT2D eigenvalue weighted by molar-refractivity contribution is 0.0698. The SMILES string of the molecule is Cc1ccc(NC(C)c2ccc(Br)cc2)c(C(=O)O)c1. The molecule has 0 heterocycles. The maximum absolute atomic E-state index is 11.3. The highest BCUT2D eigenvalue weighted by atomic mass is 79.9. The minimum Gasteiger partial charge on any atom is -0.478 e. The number of aromatic carboxylic acids is 1. The monoisotopic (exact) mass is 333 g/mol. The number of carboxylic acids is 1. The summed E-state index contributed by atoms with van der Waals surface area (Å²) in [4.78, 5) is 11.3. The molecule has 2 rings (SSSR count). The molecule has 104 valence electrons. The third kappa shape index (κ3) is 3.39. The Morgan fingerprint density at radius 2 is 1.85 bits per heavy atom. The summed E-state index contributed by atoms with van der Waals surface area (Å²) in [7, 11) is 0. The van der Waals surface area contributed by atoms with Crippen LogP contribution in [0.2, 0.25) is 0 Å². The van der Waals surface area contributed by atoms with Gasteiger partial charge >= 0.3 is 5.97 Å². The van der Waals surface area contributed by atoms with Gasteiger partial charge in [-0.3, -0.25) is 0 Å². The number of hydrogen-bond acceptors (Lipinski definition) is 2. The Kier molecular flexibility index (Phi) is 4.45. The number of nitrogens with one attached hydrogen (secondary N) is 1. The van der Waals surface area contributed by atoms with Crippen molar-refractivity contribution in [3.63, 3.8) is 0 Å². The second-order valence-electron chi connectivity index (χ2n) is 4.77. The van der Waals surface area contributed by atoms with E-state index in [4.69, 9.17) is 0 Å². The largest absolute Gasteiger partial charge is 0.478 e. The van der Waals surface area contributed by atoms with Gasteiger partial charge in [0.2, 0.25) is 0 Å². The van der Waals surface area contributed by atoms with E-state index in [1.165, 1.54) is 0 Å². The fourth-order valence-corrected chi connectivity index (χ4v) is 2.29. The van der Waals surface area contributed by atoms with Gasteiger partial charge in [0, 0.05) is 16.2 Å². The van der Waals surface area contributed by atoms with Crippen LogP contribution in [0.5, 0.6) is 0 Å². The first-order valence-corrected chi connectivity index (χ1v) is 7.12. The van der Waals surface area contributed by atoms with Gasteiger partial charge in [0.15, 0.2) is 0 Å². The van der Waals surface area contributed by atoms with Gasteiger partial charge in [-0.25, -0.2) is 4.79 Å². The summed E-state index contributed by atoms with van der Waals surface area (Å²) in [5.74, 6) is -0.917. The molecule has 2 N–H and O–H groups in total. The van der Waals surface area contributed by atoms with Crippen LogP contribution in [0, 0.1) is 6.92 Å². The molecular formula is C16H16BrNO2. The quantitative estimate of drug-likeness (QED) is 0.857. The lowest BCUT2D eigenvalue weighted by atomic mass is 10.1. The molecule has 0 aliphatic carbocycles. The summed E-state index contributed by atoms with van der Waals surface area (Å²) >= 11 is 3.40. The molecule has 2 aromatic carbocycles. The smallest absolute Gasteiger partial charge is 0.337 e. The van der Waals surface area contributed by atoms with Crippen molar-refractivity contribution in [1.82, 2.24) is 0 Å². The predicted molar refractivity (Wildman–Crippen MR) is 84.3 cm³/mol. The van der Waals surface area contributed by atoms with Gasteiger partial charge in [-0.2, -0.15) is 0 Å². The summed E-state index contributed by atoms with van der Waals surface area (Å²) in [6, 6.07) is 13.4. The van der Waals surface area contributed by atoms with E-state index in [9.17, 15) is 9.90 Å². The molecule has 0 aliphatic heterocycles. The van der Waals surface area contributed by atoms with Gasteiger partial charge in [0.1, 0.15) is 0 Å². The minimum atomic E-state index is -0.917. The minimum absolute atomic E-state index is 0.0314. The van der Waals surface area contributed by atoms with Crippen LogP contribution in [-0.4, -0.2) is 11.1 Å². The number of halogens is 1. The first-order chi connectivity index (χ1) is 9.47. The summed E-state index contributed by atoms with van der Waals surface area (Å²) in [6.45, 7) is 3.89. The number of carboxylic acid groups (broad SMARTS) is 1. The molecule has 0 radical (unpaired) electrons. The average molecular weight is 334 g/mol. The van der Waals surface area contributed by atoms with Gasteiger partial charge in [-0.15, -0.1) is 0 Å². The second-order valence-corrected chi connectivity index (χ2v) is 5.69. The molecule has 0 spiro atoms. The normalized spacial score (nSPS) is 11.9. The van der Waals surface area contributed by atoms with E-state index >= 15 is 0 Å². The van der Waals surface area contributed by atoms with Crippen LogP contribution < -0.4 is 5.32 Å². The summed E-state index contributed by atoms with van der Waals surface area (Å²) in [5.41, 5.74) is 2.97. The first kappa shape index (κ1) is 14.6. The molecule has 0 saturated heterocycles. The highest BCUT2D eigenvalue weighted by Crippen LogP contribution is 2.24. The van der Waals surface area contributed by atoms with E-state index in [0.29, 0.717) is 11.3 Å². The zero-order valence-corrected chi connectivity index (χ0v) is 12.9. The van der Waals surface area contributed by atoms with Gasteiger partial charge in [-0.05, 0) is 43.7 Å². The van der Waals surface area contributed by atoms with Crippen molar-refractivity contribution in [1.29, 1.82) is 0 Å². The lowest BCUT2D eigenvalue weighted by Gasteiger charge is -2.17. The highest BCUT2D eigenvalue weighted by Gasteiger charge is 2.13. The zero-order valence-electron chi connectivity index (χ0n) is 11.4. The lowest BCUT2D eigenvalue weighted by Crippen LogP contribution is -2.10. The fraction of sp³-hybridized carbons (Fsp3) is 0.188. The van der Waals surface area contributed by atoms with E-state index in [-0.39, 0.29) is 6.04 Å². The Morgan fingerprint density at radius 1 is 1.20 bits per heavy atom. The summed E-state index contributed by atoms with van der Waals surface area (Å²) in [5, 5.41) is 12.5. The topological polar surface area (TPSA) is 49.3 Å². The van der Waals surface area contributed by atoms with E-state index in [1.54, 1.807) is 6.07 Å². The van der Waals surface area contributed by atoms with Gasteiger partial charge < -0.3 is 10.4 Å². The molecule has 1 atom stereocenters. The Morgan fingerprint density at radius 3 is 2.45 bits per heavy atom. The third-order valence-electron chi connectivity index (χ3n) is 3.15. The molecule has 0 bridgehead atoms. The maximum Gasteiger partial charge on any atom is 0.337 e. The van der Waals surface area contributed by atoms with Crippen LogP contribution in [0.3, 0.4) is 0 Å². The molecule has 3 nitrogen and oxygen atoms in total. The van der Waals surface area contributed by atoms with Crippen molar-refractivity contribution in [3.8, 4) is 0 Å². The maximum atomic E-state index is 11.3. The van der Waals surface area contributed by atoms with E-state index in [1.807, 2.05) is 50.2 Å². The number of hydrogen-bond donors (Lipinski definition) is 2. The van der Waals surface area contributed by atoms with Crippen LogP contribution in [0.4, 0.5) is 5.69 Å². The van der Waals surface area contributed by atoms with Crippen LogP contribution in [-0.2, 0) is 0 Å². The van der Waals surface area contributed by atoms with E-state index in [2.05, 4.69) is 21.2 Å². The second kappa shape index (κ2) is 6.09. The van der Waals surface area contributed by atoms with Crippen LogP contribution in [0.1, 0.15) is 34.5 Å². The van der Waals surface area contributed by atoms with Crippen molar-refractivity contribution in [2.75, 3.05) is 5.32 Å².